The third-order valence-electron chi connectivity index (χ3n) is 4.18. The number of rotatable bonds is 6. The first-order chi connectivity index (χ1) is 12.1. The Kier molecular flexibility index (Phi) is 6.66. The minimum atomic E-state index is -0.241. The predicted molar refractivity (Wildman–Crippen MR) is 106 cm³/mol. The number of nitrogens with one attached hydrogen (secondary N) is 1. The van der Waals surface area contributed by atoms with E-state index in [1.807, 2.05) is 49.4 Å². The smallest absolute Gasteiger partial charge is 0.287 e. The maximum atomic E-state index is 12.7. The molecule has 0 aliphatic carbocycles. The van der Waals surface area contributed by atoms with E-state index in [4.69, 9.17) is 14.9 Å². The lowest BCUT2D eigenvalue weighted by Crippen LogP contribution is -2.31. The number of hydrogen-bond acceptors (Lipinski definition) is 4. The topological polar surface area (TPSA) is 77.5 Å². The standard InChI is InChI=1S/C20H22N2O3.ClH/c1-13(11-21)12-22-20(23)19-18(14-6-4-3-5-7-14)16-9-8-15(24-2)10-17(16)25-19;/h3-10,13H,11-12,21H2,1-2H3,(H,22,23);1H. The molecule has 6 heteroatoms. The van der Waals surface area contributed by atoms with Crippen molar-refractivity contribution in [2.75, 3.05) is 20.2 Å². The predicted octanol–water partition coefficient (Wildman–Crippen LogP) is 3.85. The molecule has 1 amide bonds. The Morgan fingerprint density at radius 2 is 1.96 bits per heavy atom. The minimum absolute atomic E-state index is 0. The first-order valence-electron chi connectivity index (χ1n) is 8.28. The molecule has 1 aromatic heterocycles. The molecule has 0 radical (unpaired) electrons. The molecule has 0 saturated carbocycles. The zero-order valence-corrected chi connectivity index (χ0v) is 15.6. The van der Waals surface area contributed by atoms with Gasteiger partial charge in [-0.3, -0.25) is 4.79 Å². The number of benzene rings is 2. The number of methoxy groups -OCH3 is 1. The summed E-state index contributed by atoms with van der Waals surface area (Å²) in [5.74, 6) is 0.950. The van der Waals surface area contributed by atoms with Crippen LogP contribution < -0.4 is 15.8 Å². The van der Waals surface area contributed by atoms with Crippen LogP contribution in [-0.2, 0) is 0 Å². The molecular weight excluding hydrogens is 352 g/mol. The van der Waals surface area contributed by atoms with Gasteiger partial charge in [-0.2, -0.15) is 0 Å². The van der Waals surface area contributed by atoms with Crippen LogP contribution in [0.4, 0.5) is 0 Å². The van der Waals surface area contributed by atoms with Gasteiger partial charge in [-0.15, -0.1) is 12.4 Å². The summed E-state index contributed by atoms with van der Waals surface area (Å²) in [6, 6.07) is 15.3. The zero-order valence-electron chi connectivity index (χ0n) is 14.8. The van der Waals surface area contributed by atoms with Crippen molar-refractivity contribution in [2.45, 2.75) is 6.92 Å². The Morgan fingerprint density at radius 3 is 2.62 bits per heavy atom. The summed E-state index contributed by atoms with van der Waals surface area (Å²) in [5, 5.41) is 3.78. The lowest BCUT2D eigenvalue weighted by molar-refractivity contribution is 0.0924. The van der Waals surface area contributed by atoms with Crippen LogP contribution in [0.2, 0.25) is 0 Å². The first kappa shape index (κ1) is 19.8. The fourth-order valence-electron chi connectivity index (χ4n) is 2.69. The molecule has 0 fully saturated rings. The van der Waals surface area contributed by atoms with Crippen LogP contribution in [0.25, 0.3) is 22.1 Å². The third-order valence-corrected chi connectivity index (χ3v) is 4.18. The summed E-state index contributed by atoms with van der Waals surface area (Å²) in [6.07, 6.45) is 0. The van der Waals surface area contributed by atoms with Gasteiger partial charge >= 0.3 is 0 Å². The molecule has 1 atom stereocenters. The van der Waals surface area contributed by atoms with Crippen molar-refractivity contribution in [1.29, 1.82) is 0 Å². The third kappa shape index (κ3) is 4.00. The molecule has 0 aliphatic rings. The molecule has 0 saturated heterocycles. The highest BCUT2D eigenvalue weighted by atomic mass is 35.5. The number of halogens is 1. The molecule has 3 N–H and O–H groups in total. The van der Waals surface area contributed by atoms with Crippen molar-refractivity contribution in [3.8, 4) is 16.9 Å². The number of ether oxygens (including phenoxy) is 1. The molecule has 138 valence electrons. The molecule has 26 heavy (non-hydrogen) atoms. The molecular formula is C20H23ClN2O3. The van der Waals surface area contributed by atoms with Crippen LogP contribution in [0.5, 0.6) is 5.75 Å². The second-order valence-electron chi connectivity index (χ2n) is 6.09. The van der Waals surface area contributed by atoms with Gasteiger partial charge in [0.2, 0.25) is 5.76 Å². The summed E-state index contributed by atoms with van der Waals surface area (Å²) >= 11 is 0. The Morgan fingerprint density at radius 1 is 1.23 bits per heavy atom. The second-order valence-corrected chi connectivity index (χ2v) is 6.09. The van der Waals surface area contributed by atoms with Crippen LogP contribution in [0, 0.1) is 5.92 Å². The average Bonchev–Trinajstić information content (AvgIpc) is 3.05. The lowest BCUT2D eigenvalue weighted by Gasteiger charge is -2.10. The van der Waals surface area contributed by atoms with Crippen LogP contribution in [0.3, 0.4) is 0 Å². The van der Waals surface area contributed by atoms with Crippen molar-refractivity contribution in [1.82, 2.24) is 5.32 Å². The first-order valence-corrected chi connectivity index (χ1v) is 8.28. The lowest BCUT2D eigenvalue weighted by atomic mass is 10.0. The van der Waals surface area contributed by atoms with E-state index in [9.17, 15) is 4.79 Å². The Hall–Kier alpha value is -2.50. The number of carbonyl (C=O) groups is 1. The van der Waals surface area contributed by atoms with E-state index in [2.05, 4.69) is 5.32 Å². The van der Waals surface area contributed by atoms with Crippen molar-refractivity contribution >= 4 is 29.3 Å². The van der Waals surface area contributed by atoms with Crippen molar-refractivity contribution in [2.24, 2.45) is 11.7 Å². The zero-order chi connectivity index (χ0) is 17.8. The fourth-order valence-corrected chi connectivity index (χ4v) is 2.69. The molecule has 2 aromatic carbocycles. The maximum absolute atomic E-state index is 12.7. The fraction of sp³-hybridized carbons (Fsp3) is 0.250. The molecule has 3 aromatic rings. The number of nitrogens with two attached hydrogens (primary N) is 1. The Labute approximate surface area is 158 Å². The van der Waals surface area contributed by atoms with Gasteiger partial charge in [-0.05, 0) is 30.2 Å². The molecule has 0 spiro atoms. The summed E-state index contributed by atoms with van der Waals surface area (Å²) in [6.45, 7) is 3.01. The average molecular weight is 375 g/mol. The van der Waals surface area contributed by atoms with E-state index < -0.39 is 0 Å². The van der Waals surface area contributed by atoms with E-state index in [0.29, 0.717) is 30.2 Å². The van der Waals surface area contributed by atoms with Gasteiger partial charge in [0.05, 0.1) is 7.11 Å². The largest absolute Gasteiger partial charge is 0.497 e. The van der Waals surface area contributed by atoms with Crippen LogP contribution in [-0.4, -0.2) is 26.1 Å². The summed E-state index contributed by atoms with van der Waals surface area (Å²) in [5.41, 5.74) is 7.96. The van der Waals surface area contributed by atoms with Gasteiger partial charge in [0.15, 0.2) is 0 Å². The van der Waals surface area contributed by atoms with Gasteiger partial charge in [0.25, 0.3) is 5.91 Å². The number of amides is 1. The Balaban J connectivity index is 0.00000243. The van der Waals surface area contributed by atoms with Gasteiger partial charge in [0, 0.05) is 23.6 Å². The van der Waals surface area contributed by atoms with E-state index in [1.54, 1.807) is 13.2 Å². The molecule has 3 rings (SSSR count). The van der Waals surface area contributed by atoms with E-state index in [1.165, 1.54) is 0 Å². The van der Waals surface area contributed by atoms with Crippen molar-refractivity contribution < 1.29 is 13.9 Å². The highest BCUT2D eigenvalue weighted by Gasteiger charge is 2.22. The summed E-state index contributed by atoms with van der Waals surface area (Å²) in [4.78, 5) is 12.7. The summed E-state index contributed by atoms with van der Waals surface area (Å²) in [7, 11) is 1.60. The van der Waals surface area contributed by atoms with Crippen molar-refractivity contribution in [3.63, 3.8) is 0 Å². The van der Waals surface area contributed by atoms with Gasteiger partial charge in [-0.25, -0.2) is 0 Å². The van der Waals surface area contributed by atoms with Crippen LogP contribution >= 0.6 is 12.4 Å². The second kappa shape index (κ2) is 8.74. The normalized spacial score (nSPS) is 11.7. The monoisotopic (exact) mass is 374 g/mol. The molecule has 0 aliphatic heterocycles. The highest BCUT2D eigenvalue weighted by molar-refractivity contribution is 6.08. The molecule has 1 unspecified atom stereocenters. The SMILES string of the molecule is COc1ccc2c(-c3ccccc3)c(C(=O)NCC(C)CN)oc2c1.Cl. The summed E-state index contributed by atoms with van der Waals surface area (Å²) < 4.78 is 11.2. The van der Waals surface area contributed by atoms with Gasteiger partial charge in [0.1, 0.15) is 11.3 Å². The van der Waals surface area contributed by atoms with Gasteiger partial charge < -0.3 is 20.2 Å². The maximum Gasteiger partial charge on any atom is 0.287 e. The number of fused-ring (bicyclic) bond motifs is 1. The molecule has 0 bridgehead atoms. The van der Waals surface area contributed by atoms with Gasteiger partial charge in [-0.1, -0.05) is 37.3 Å². The minimum Gasteiger partial charge on any atom is -0.497 e. The number of carbonyl (C=O) groups excluding carboxylic acids is 1. The van der Waals surface area contributed by atoms with Crippen LogP contribution in [0.15, 0.2) is 52.9 Å². The number of furan rings is 1. The Bertz CT molecular complexity index is 877. The van der Waals surface area contributed by atoms with E-state index in [-0.39, 0.29) is 24.2 Å². The quantitative estimate of drug-likeness (QED) is 0.686. The van der Waals surface area contributed by atoms with E-state index in [0.717, 1.165) is 16.5 Å². The highest BCUT2D eigenvalue weighted by Crippen LogP contribution is 2.36. The van der Waals surface area contributed by atoms with E-state index >= 15 is 0 Å². The van der Waals surface area contributed by atoms with Crippen LogP contribution in [0.1, 0.15) is 17.5 Å². The molecule has 5 nitrogen and oxygen atoms in total. The number of hydrogen-bond donors (Lipinski definition) is 2. The van der Waals surface area contributed by atoms with Crippen molar-refractivity contribution in [3.05, 3.63) is 54.3 Å². The molecule has 1 heterocycles.